The molecule has 17 heavy (non-hydrogen) atoms. The summed E-state index contributed by atoms with van der Waals surface area (Å²) >= 11 is 5.70. The minimum Gasteiger partial charge on any atom is -0.437 e. The standard InChI is InChI=1S/C13H13ClN2O/c1-2-10-5-3-4-6-12(10)17-13-9-15-8-11(7-14)16-13/h3-6,8-9H,2,7H2,1H3. The Bertz CT molecular complexity index is 502. The fourth-order valence-corrected chi connectivity index (χ4v) is 1.64. The van der Waals surface area contributed by atoms with E-state index in [2.05, 4.69) is 16.9 Å². The van der Waals surface area contributed by atoms with Crippen molar-refractivity contribution < 1.29 is 4.74 Å². The number of rotatable bonds is 4. The molecule has 0 N–H and O–H groups in total. The highest BCUT2D eigenvalue weighted by molar-refractivity contribution is 6.16. The van der Waals surface area contributed by atoms with Crippen molar-refractivity contribution in [2.24, 2.45) is 0 Å². The number of aryl methyl sites for hydroxylation is 1. The van der Waals surface area contributed by atoms with Gasteiger partial charge in [0, 0.05) is 6.20 Å². The minimum absolute atomic E-state index is 0.333. The van der Waals surface area contributed by atoms with E-state index in [0.29, 0.717) is 17.5 Å². The summed E-state index contributed by atoms with van der Waals surface area (Å²) in [5.41, 5.74) is 1.85. The second kappa shape index (κ2) is 5.64. The molecule has 0 aliphatic heterocycles. The summed E-state index contributed by atoms with van der Waals surface area (Å²) in [6, 6.07) is 7.89. The van der Waals surface area contributed by atoms with E-state index >= 15 is 0 Å². The van der Waals surface area contributed by atoms with E-state index in [1.807, 2.05) is 24.3 Å². The van der Waals surface area contributed by atoms with E-state index in [0.717, 1.165) is 17.7 Å². The molecule has 0 saturated carbocycles. The summed E-state index contributed by atoms with van der Waals surface area (Å²) in [6.45, 7) is 2.09. The van der Waals surface area contributed by atoms with Crippen molar-refractivity contribution >= 4 is 11.6 Å². The molecule has 0 amide bonds. The van der Waals surface area contributed by atoms with Crippen molar-refractivity contribution in [2.45, 2.75) is 19.2 Å². The van der Waals surface area contributed by atoms with E-state index in [9.17, 15) is 0 Å². The van der Waals surface area contributed by atoms with E-state index in [-0.39, 0.29) is 0 Å². The number of ether oxygens (including phenoxy) is 1. The number of alkyl halides is 1. The minimum atomic E-state index is 0.333. The van der Waals surface area contributed by atoms with Crippen LogP contribution < -0.4 is 4.74 Å². The van der Waals surface area contributed by atoms with Crippen LogP contribution in [0.1, 0.15) is 18.2 Å². The zero-order valence-electron chi connectivity index (χ0n) is 9.56. The van der Waals surface area contributed by atoms with Gasteiger partial charge in [-0.25, -0.2) is 4.98 Å². The Kier molecular flexibility index (Phi) is 3.94. The molecule has 2 aromatic rings. The topological polar surface area (TPSA) is 35.0 Å². The lowest BCUT2D eigenvalue weighted by Gasteiger charge is -2.08. The smallest absolute Gasteiger partial charge is 0.238 e. The van der Waals surface area contributed by atoms with Crippen LogP contribution in [0.5, 0.6) is 11.6 Å². The van der Waals surface area contributed by atoms with Crippen molar-refractivity contribution in [1.82, 2.24) is 9.97 Å². The second-order valence-electron chi connectivity index (χ2n) is 3.55. The van der Waals surface area contributed by atoms with Crippen LogP contribution in [0.25, 0.3) is 0 Å². The summed E-state index contributed by atoms with van der Waals surface area (Å²) in [5, 5.41) is 0. The van der Waals surface area contributed by atoms with Crippen LogP contribution in [0.2, 0.25) is 0 Å². The van der Waals surface area contributed by atoms with Gasteiger partial charge in [-0.15, -0.1) is 11.6 Å². The Balaban J connectivity index is 2.24. The van der Waals surface area contributed by atoms with Gasteiger partial charge in [0.25, 0.3) is 0 Å². The monoisotopic (exact) mass is 248 g/mol. The maximum Gasteiger partial charge on any atom is 0.238 e. The number of para-hydroxylation sites is 1. The zero-order chi connectivity index (χ0) is 12.1. The van der Waals surface area contributed by atoms with E-state index in [4.69, 9.17) is 16.3 Å². The SMILES string of the molecule is CCc1ccccc1Oc1cncc(CCl)n1. The van der Waals surface area contributed by atoms with Crippen molar-refractivity contribution in [1.29, 1.82) is 0 Å². The second-order valence-corrected chi connectivity index (χ2v) is 3.81. The Morgan fingerprint density at radius 2 is 2.06 bits per heavy atom. The Labute approximate surface area is 105 Å². The van der Waals surface area contributed by atoms with Crippen molar-refractivity contribution in [3.05, 3.63) is 47.9 Å². The normalized spacial score (nSPS) is 10.2. The lowest BCUT2D eigenvalue weighted by molar-refractivity contribution is 0.453. The van der Waals surface area contributed by atoms with Crippen LogP contribution >= 0.6 is 11.6 Å². The van der Waals surface area contributed by atoms with Gasteiger partial charge in [-0.3, -0.25) is 4.98 Å². The lowest BCUT2D eigenvalue weighted by atomic mass is 10.1. The Morgan fingerprint density at radius 3 is 2.82 bits per heavy atom. The molecule has 4 heteroatoms. The largest absolute Gasteiger partial charge is 0.437 e. The predicted octanol–water partition coefficient (Wildman–Crippen LogP) is 3.57. The molecule has 0 atom stereocenters. The number of benzene rings is 1. The molecule has 0 bridgehead atoms. The fraction of sp³-hybridized carbons (Fsp3) is 0.231. The molecule has 3 nitrogen and oxygen atoms in total. The van der Waals surface area contributed by atoms with Gasteiger partial charge in [-0.05, 0) is 18.1 Å². The first kappa shape index (κ1) is 11.9. The van der Waals surface area contributed by atoms with Gasteiger partial charge >= 0.3 is 0 Å². The molecule has 1 aromatic heterocycles. The number of hydrogen-bond acceptors (Lipinski definition) is 3. The molecule has 88 valence electrons. The molecular weight excluding hydrogens is 236 g/mol. The number of aromatic nitrogens is 2. The third-order valence-electron chi connectivity index (χ3n) is 2.37. The summed E-state index contributed by atoms with van der Waals surface area (Å²) in [7, 11) is 0. The van der Waals surface area contributed by atoms with E-state index < -0.39 is 0 Å². The molecule has 0 radical (unpaired) electrons. The van der Waals surface area contributed by atoms with Gasteiger partial charge in [-0.2, -0.15) is 0 Å². The van der Waals surface area contributed by atoms with Crippen LogP contribution in [0.3, 0.4) is 0 Å². The molecule has 0 aliphatic rings. The third kappa shape index (κ3) is 2.94. The number of halogens is 1. The summed E-state index contributed by atoms with van der Waals surface area (Å²) in [4.78, 5) is 8.28. The maximum absolute atomic E-state index is 5.71. The quantitative estimate of drug-likeness (QED) is 0.776. The number of nitrogens with zero attached hydrogens (tertiary/aromatic N) is 2. The van der Waals surface area contributed by atoms with E-state index in [1.165, 1.54) is 0 Å². The highest BCUT2D eigenvalue weighted by Gasteiger charge is 2.04. The Hall–Kier alpha value is -1.61. The molecular formula is C13H13ClN2O. The van der Waals surface area contributed by atoms with Gasteiger partial charge < -0.3 is 4.74 Å². The average Bonchev–Trinajstić information content (AvgIpc) is 2.39. The van der Waals surface area contributed by atoms with Crippen LogP contribution in [-0.2, 0) is 12.3 Å². The molecule has 0 fully saturated rings. The van der Waals surface area contributed by atoms with E-state index in [1.54, 1.807) is 12.4 Å². The molecule has 0 aliphatic carbocycles. The molecule has 0 saturated heterocycles. The summed E-state index contributed by atoms with van der Waals surface area (Å²) in [6.07, 6.45) is 4.13. The third-order valence-corrected chi connectivity index (χ3v) is 2.64. The van der Waals surface area contributed by atoms with Crippen molar-refractivity contribution in [3.8, 4) is 11.6 Å². The van der Waals surface area contributed by atoms with Gasteiger partial charge in [0.15, 0.2) is 0 Å². The highest BCUT2D eigenvalue weighted by atomic mass is 35.5. The van der Waals surface area contributed by atoms with Crippen LogP contribution in [0.4, 0.5) is 0 Å². The molecule has 2 rings (SSSR count). The summed E-state index contributed by atoms with van der Waals surface area (Å²) in [5.74, 6) is 1.62. The first-order valence-corrected chi connectivity index (χ1v) is 5.99. The van der Waals surface area contributed by atoms with Crippen LogP contribution in [-0.4, -0.2) is 9.97 Å². The Morgan fingerprint density at radius 1 is 1.24 bits per heavy atom. The van der Waals surface area contributed by atoms with Crippen molar-refractivity contribution in [2.75, 3.05) is 0 Å². The molecule has 0 unspecified atom stereocenters. The van der Waals surface area contributed by atoms with Crippen molar-refractivity contribution in [3.63, 3.8) is 0 Å². The number of hydrogen-bond donors (Lipinski definition) is 0. The molecule has 1 heterocycles. The fourth-order valence-electron chi connectivity index (χ4n) is 1.51. The van der Waals surface area contributed by atoms with Gasteiger partial charge in [0.2, 0.25) is 5.88 Å². The van der Waals surface area contributed by atoms with Gasteiger partial charge in [-0.1, -0.05) is 25.1 Å². The average molecular weight is 249 g/mol. The van der Waals surface area contributed by atoms with Gasteiger partial charge in [0.05, 0.1) is 17.8 Å². The maximum atomic E-state index is 5.71. The van der Waals surface area contributed by atoms with Gasteiger partial charge in [0.1, 0.15) is 5.75 Å². The first-order valence-electron chi connectivity index (χ1n) is 5.46. The first-order chi connectivity index (χ1) is 8.33. The zero-order valence-corrected chi connectivity index (χ0v) is 10.3. The molecule has 0 spiro atoms. The lowest BCUT2D eigenvalue weighted by Crippen LogP contribution is -1.95. The highest BCUT2D eigenvalue weighted by Crippen LogP contribution is 2.23. The predicted molar refractivity (Wildman–Crippen MR) is 67.5 cm³/mol. The van der Waals surface area contributed by atoms with Crippen LogP contribution in [0.15, 0.2) is 36.7 Å². The van der Waals surface area contributed by atoms with Crippen LogP contribution in [0, 0.1) is 0 Å². The summed E-state index contributed by atoms with van der Waals surface area (Å²) < 4.78 is 5.71. The molecule has 1 aromatic carbocycles.